The van der Waals surface area contributed by atoms with Crippen LogP contribution in [0.15, 0.2) is 17.2 Å². The van der Waals surface area contributed by atoms with Gasteiger partial charge in [-0.1, -0.05) is 0 Å². The van der Waals surface area contributed by atoms with Crippen LogP contribution in [0.25, 0.3) is 0 Å². The highest BCUT2D eigenvalue weighted by molar-refractivity contribution is 7.89. The number of likely N-dealkylation sites (tertiary alicyclic amines) is 1. The molecule has 0 saturated carbocycles. The third-order valence-electron chi connectivity index (χ3n) is 5.03. The van der Waals surface area contributed by atoms with Crippen LogP contribution in [0.1, 0.15) is 43.6 Å². The van der Waals surface area contributed by atoms with E-state index in [-0.39, 0.29) is 16.8 Å². The number of nitrogens with zero attached hydrogens (tertiary/aromatic N) is 1. The molecular formula is C16H26N4O3S. The fraction of sp³-hybridized carbons (Fsp3) is 0.688. The van der Waals surface area contributed by atoms with Gasteiger partial charge in [-0.3, -0.25) is 4.79 Å². The Balaban J connectivity index is 1.66. The van der Waals surface area contributed by atoms with Crippen molar-refractivity contribution in [1.82, 2.24) is 19.9 Å². The van der Waals surface area contributed by atoms with E-state index in [0.717, 1.165) is 39.0 Å². The summed E-state index contributed by atoms with van der Waals surface area (Å²) in [7, 11) is -3.58. The van der Waals surface area contributed by atoms with Gasteiger partial charge in [0.1, 0.15) is 10.6 Å². The number of hydrogen-bond acceptors (Lipinski definition) is 4. The van der Waals surface area contributed by atoms with Crippen molar-refractivity contribution in [3.8, 4) is 0 Å². The van der Waals surface area contributed by atoms with Crippen LogP contribution in [0.5, 0.6) is 0 Å². The Kier molecular flexibility index (Phi) is 4.72. The van der Waals surface area contributed by atoms with E-state index in [1.165, 1.54) is 18.7 Å². The highest BCUT2D eigenvalue weighted by Crippen LogP contribution is 2.37. The molecule has 24 heavy (non-hydrogen) atoms. The van der Waals surface area contributed by atoms with Crippen LogP contribution in [-0.2, 0) is 10.0 Å². The maximum Gasteiger partial charge on any atom is 0.270 e. The minimum Gasteiger partial charge on any atom is -0.356 e. The first kappa shape index (κ1) is 17.4. The number of carbonyl (C=O) groups excluding carboxylic acids is 1. The molecule has 3 N–H and O–H groups in total. The van der Waals surface area contributed by atoms with Crippen LogP contribution in [0.3, 0.4) is 0 Å². The topological polar surface area (TPSA) is 94.3 Å². The maximum atomic E-state index is 12.6. The smallest absolute Gasteiger partial charge is 0.270 e. The van der Waals surface area contributed by atoms with Crippen LogP contribution < -0.4 is 10.0 Å². The Morgan fingerprint density at radius 3 is 2.58 bits per heavy atom. The standard InChI is InChI=1S/C16H26N4O3S/c1-12(2)19-24(22,23)13-9-14(18-10-13)15(21)20-7-4-16(5-8-20)3-6-17-11-16/h9-10,12,17-19H,3-8,11H2,1-2H3. The average molecular weight is 354 g/mol. The average Bonchev–Trinajstić information content (AvgIpc) is 3.16. The van der Waals surface area contributed by atoms with Gasteiger partial charge in [-0.15, -0.1) is 0 Å². The molecule has 2 aliphatic heterocycles. The summed E-state index contributed by atoms with van der Waals surface area (Å²) in [5, 5.41) is 3.41. The van der Waals surface area contributed by atoms with Gasteiger partial charge in [0.15, 0.2) is 0 Å². The van der Waals surface area contributed by atoms with Gasteiger partial charge >= 0.3 is 0 Å². The van der Waals surface area contributed by atoms with E-state index in [4.69, 9.17) is 0 Å². The first-order chi connectivity index (χ1) is 11.3. The molecule has 134 valence electrons. The Morgan fingerprint density at radius 1 is 1.29 bits per heavy atom. The lowest BCUT2D eigenvalue weighted by molar-refractivity contribution is 0.0602. The number of hydrogen-bond donors (Lipinski definition) is 3. The number of aromatic amines is 1. The number of rotatable bonds is 4. The van der Waals surface area contributed by atoms with E-state index in [2.05, 4.69) is 15.0 Å². The van der Waals surface area contributed by atoms with Gasteiger partial charge in [0.2, 0.25) is 10.0 Å². The summed E-state index contributed by atoms with van der Waals surface area (Å²) in [4.78, 5) is 17.4. The van der Waals surface area contributed by atoms with E-state index < -0.39 is 10.0 Å². The van der Waals surface area contributed by atoms with E-state index in [1.807, 2.05) is 4.90 Å². The second-order valence-electron chi connectivity index (χ2n) is 7.24. The van der Waals surface area contributed by atoms with Crippen molar-refractivity contribution in [3.63, 3.8) is 0 Å². The van der Waals surface area contributed by atoms with Crippen LogP contribution in [0, 0.1) is 5.41 Å². The number of piperidine rings is 1. The van der Waals surface area contributed by atoms with Gasteiger partial charge in [-0.05, 0) is 51.1 Å². The molecule has 0 aliphatic carbocycles. The maximum absolute atomic E-state index is 12.6. The zero-order valence-electron chi connectivity index (χ0n) is 14.3. The zero-order chi connectivity index (χ0) is 17.4. The molecule has 1 amide bonds. The van der Waals surface area contributed by atoms with Crippen LogP contribution >= 0.6 is 0 Å². The van der Waals surface area contributed by atoms with E-state index >= 15 is 0 Å². The molecule has 7 nitrogen and oxygen atoms in total. The molecule has 3 rings (SSSR count). The summed E-state index contributed by atoms with van der Waals surface area (Å²) >= 11 is 0. The van der Waals surface area contributed by atoms with E-state index in [9.17, 15) is 13.2 Å². The predicted molar refractivity (Wildman–Crippen MR) is 91.3 cm³/mol. The van der Waals surface area contributed by atoms with Gasteiger partial charge < -0.3 is 15.2 Å². The predicted octanol–water partition coefficient (Wildman–Crippen LogP) is 0.917. The van der Waals surface area contributed by atoms with Crippen molar-refractivity contribution in [3.05, 3.63) is 18.0 Å². The molecular weight excluding hydrogens is 328 g/mol. The van der Waals surface area contributed by atoms with Crippen molar-refractivity contribution in [2.24, 2.45) is 5.41 Å². The monoisotopic (exact) mass is 354 g/mol. The third kappa shape index (κ3) is 3.50. The minimum absolute atomic E-state index is 0.105. The molecule has 1 aromatic heterocycles. The van der Waals surface area contributed by atoms with Crippen molar-refractivity contribution in [1.29, 1.82) is 0 Å². The summed E-state index contributed by atoms with van der Waals surface area (Å²) in [5.74, 6) is -0.123. The van der Waals surface area contributed by atoms with Gasteiger partial charge in [-0.2, -0.15) is 0 Å². The molecule has 1 aromatic rings. The third-order valence-corrected chi connectivity index (χ3v) is 6.67. The number of H-pyrrole nitrogens is 1. The molecule has 2 aliphatic rings. The van der Waals surface area contributed by atoms with E-state index in [0.29, 0.717) is 11.1 Å². The Morgan fingerprint density at radius 2 is 2.00 bits per heavy atom. The van der Waals surface area contributed by atoms with Gasteiger partial charge in [0, 0.05) is 31.9 Å². The SMILES string of the molecule is CC(C)NS(=O)(=O)c1c[nH]c(C(=O)N2CCC3(CCNC3)CC2)c1. The quantitative estimate of drug-likeness (QED) is 0.749. The minimum atomic E-state index is -3.58. The summed E-state index contributed by atoms with van der Waals surface area (Å²) in [6.07, 6.45) is 4.57. The number of nitrogens with one attached hydrogen (secondary N) is 3. The lowest BCUT2D eigenvalue weighted by atomic mass is 9.78. The first-order valence-corrected chi connectivity index (χ1v) is 10.0. The fourth-order valence-corrected chi connectivity index (χ4v) is 4.85. The highest BCUT2D eigenvalue weighted by Gasteiger charge is 2.38. The molecule has 0 radical (unpaired) electrons. The highest BCUT2D eigenvalue weighted by atomic mass is 32.2. The van der Waals surface area contributed by atoms with E-state index in [1.54, 1.807) is 13.8 Å². The number of aromatic nitrogens is 1. The van der Waals surface area contributed by atoms with Crippen molar-refractivity contribution in [2.75, 3.05) is 26.2 Å². The second kappa shape index (κ2) is 6.50. The lowest BCUT2D eigenvalue weighted by Gasteiger charge is -2.38. The van der Waals surface area contributed by atoms with Crippen molar-refractivity contribution in [2.45, 2.75) is 44.0 Å². The number of amides is 1. The first-order valence-electron chi connectivity index (χ1n) is 8.52. The molecule has 0 aromatic carbocycles. The summed E-state index contributed by atoms with van der Waals surface area (Å²) in [5.41, 5.74) is 0.682. The molecule has 2 fully saturated rings. The van der Waals surface area contributed by atoms with Crippen molar-refractivity contribution < 1.29 is 13.2 Å². The molecule has 3 heterocycles. The normalized spacial score (nSPS) is 20.9. The van der Waals surface area contributed by atoms with Gasteiger partial charge in [-0.25, -0.2) is 13.1 Å². The molecule has 0 atom stereocenters. The summed E-state index contributed by atoms with van der Waals surface area (Å²) < 4.78 is 26.8. The largest absolute Gasteiger partial charge is 0.356 e. The van der Waals surface area contributed by atoms with Crippen LogP contribution in [0.2, 0.25) is 0 Å². The Hall–Kier alpha value is -1.38. The summed E-state index contributed by atoms with van der Waals surface area (Å²) in [6.45, 7) is 7.09. The lowest BCUT2D eigenvalue weighted by Crippen LogP contribution is -2.44. The molecule has 0 unspecified atom stereocenters. The molecule has 8 heteroatoms. The Bertz CT molecular complexity index is 695. The van der Waals surface area contributed by atoms with Gasteiger partial charge in [0.05, 0.1) is 0 Å². The Labute approximate surface area is 143 Å². The second-order valence-corrected chi connectivity index (χ2v) is 8.96. The van der Waals surface area contributed by atoms with Gasteiger partial charge in [0.25, 0.3) is 5.91 Å². The molecule has 2 saturated heterocycles. The number of sulfonamides is 1. The number of carbonyl (C=O) groups is 1. The van der Waals surface area contributed by atoms with Crippen molar-refractivity contribution >= 4 is 15.9 Å². The zero-order valence-corrected chi connectivity index (χ0v) is 15.1. The van der Waals surface area contributed by atoms with Crippen LogP contribution in [0.4, 0.5) is 0 Å². The fourth-order valence-electron chi connectivity index (χ4n) is 3.61. The van der Waals surface area contributed by atoms with Crippen LogP contribution in [-0.4, -0.2) is 56.4 Å². The summed E-state index contributed by atoms with van der Waals surface area (Å²) in [6, 6.07) is 1.23. The molecule has 1 spiro atoms. The molecule has 0 bridgehead atoms.